The number of anilines is 1. The van der Waals surface area contributed by atoms with E-state index >= 15 is 0 Å². The number of aromatic nitrogens is 6. The third kappa shape index (κ3) is 5.97. The van der Waals surface area contributed by atoms with Crippen molar-refractivity contribution in [2.24, 2.45) is 0 Å². The van der Waals surface area contributed by atoms with E-state index in [0.717, 1.165) is 22.6 Å². The Kier molecular flexibility index (Phi) is 7.30. The standard InChI is InChI=1S/C25H25FN8O2S/c1-13-10-29-24(33-19(13)25(3,4)5)34-22(36)18-11-28-23(37-18)14(2)32-21(35)17-9-16(30-12-31-17)15-7-6-8-27-20(15)26/h6-12,14H,1-5H3,(H,32,35)(H,29,33,34,36). The molecule has 0 spiro atoms. The van der Waals surface area contributed by atoms with Gasteiger partial charge >= 0.3 is 0 Å². The van der Waals surface area contributed by atoms with Crippen molar-refractivity contribution in [3.8, 4) is 11.3 Å². The average molecular weight is 521 g/mol. The van der Waals surface area contributed by atoms with Crippen LogP contribution in [-0.4, -0.2) is 41.7 Å². The molecule has 37 heavy (non-hydrogen) atoms. The number of nitrogens with one attached hydrogen (secondary N) is 2. The zero-order chi connectivity index (χ0) is 26.7. The summed E-state index contributed by atoms with van der Waals surface area (Å²) in [5.74, 6) is -1.38. The number of carbonyl (C=O) groups is 2. The molecule has 10 nitrogen and oxygen atoms in total. The number of hydrogen-bond acceptors (Lipinski definition) is 9. The van der Waals surface area contributed by atoms with Crippen LogP contribution in [0.25, 0.3) is 11.3 Å². The minimum absolute atomic E-state index is 0.0563. The number of hydrogen-bond donors (Lipinski definition) is 2. The van der Waals surface area contributed by atoms with Crippen molar-refractivity contribution < 1.29 is 14.0 Å². The van der Waals surface area contributed by atoms with Gasteiger partial charge in [-0.25, -0.2) is 29.9 Å². The molecule has 1 atom stereocenters. The lowest BCUT2D eigenvalue weighted by Crippen LogP contribution is -2.27. The molecular weight excluding hydrogens is 495 g/mol. The van der Waals surface area contributed by atoms with E-state index in [2.05, 4.69) is 40.5 Å². The van der Waals surface area contributed by atoms with Crippen LogP contribution in [0.4, 0.5) is 10.3 Å². The number of thiazole rings is 1. The summed E-state index contributed by atoms with van der Waals surface area (Å²) in [4.78, 5) is 50.5. The zero-order valence-electron chi connectivity index (χ0n) is 20.9. The molecule has 4 rings (SSSR count). The molecule has 0 aliphatic heterocycles. The SMILES string of the molecule is Cc1cnc(NC(=O)c2cnc(C(C)NC(=O)c3cc(-c4cccnc4F)ncn3)s2)nc1C(C)(C)C. The highest BCUT2D eigenvalue weighted by Crippen LogP contribution is 2.25. The van der Waals surface area contributed by atoms with Crippen LogP contribution in [0, 0.1) is 12.9 Å². The molecule has 0 fully saturated rings. The Morgan fingerprint density at radius 1 is 1.05 bits per heavy atom. The minimum atomic E-state index is -0.694. The van der Waals surface area contributed by atoms with E-state index in [-0.39, 0.29) is 28.3 Å². The fourth-order valence-corrected chi connectivity index (χ4v) is 4.37. The van der Waals surface area contributed by atoms with Gasteiger partial charge in [-0.2, -0.15) is 4.39 Å². The van der Waals surface area contributed by atoms with Gasteiger partial charge in [0, 0.05) is 17.8 Å². The number of halogens is 1. The van der Waals surface area contributed by atoms with Crippen LogP contribution < -0.4 is 10.6 Å². The van der Waals surface area contributed by atoms with Crippen molar-refractivity contribution in [2.45, 2.75) is 46.1 Å². The molecule has 12 heteroatoms. The number of aryl methyl sites for hydroxylation is 1. The van der Waals surface area contributed by atoms with Gasteiger partial charge in [-0.3, -0.25) is 14.9 Å². The number of carbonyl (C=O) groups excluding carboxylic acids is 2. The van der Waals surface area contributed by atoms with E-state index in [1.807, 2.05) is 27.7 Å². The van der Waals surface area contributed by atoms with Crippen molar-refractivity contribution in [1.82, 2.24) is 35.2 Å². The molecule has 0 aliphatic rings. The molecule has 0 bridgehead atoms. The fraction of sp³-hybridized carbons (Fsp3) is 0.280. The number of rotatable bonds is 6. The van der Waals surface area contributed by atoms with Gasteiger partial charge in [0.25, 0.3) is 11.8 Å². The lowest BCUT2D eigenvalue weighted by molar-refractivity contribution is 0.0934. The molecule has 4 aromatic rings. The number of amides is 2. The Labute approximate surface area is 216 Å². The molecule has 0 saturated carbocycles. The summed E-state index contributed by atoms with van der Waals surface area (Å²) >= 11 is 1.14. The Balaban J connectivity index is 1.44. The van der Waals surface area contributed by atoms with Crippen molar-refractivity contribution in [1.29, 1.82) is 0 Å². The van der Waals surface area contributed by atoms with Gasteiger partial charge in [-0.1, -0.05) is 20.8 Å². The van der Waals surface area contributed by atoms with Gasteiger partial charge in [0.2, 0.25) is 11.9 Å². The first-order valence-corrected chi connectivity index (χ1v) is 12.2. The molecule has 1 unspecified atom stereocenters. The van der Waals surface area contributed by atoms with Crippen LogP contribution in [0.2, 0.25) is 0 Å². The van der Waals surface area contributed by atoms with Gasteiger partial charge in [0.15, 0.2) is 0 Å². The molecule has 0 aromatic carbocycles. The topological polar surface area (TPSA) is 136 Å². The van der Waals surface area contributed by atoms with Crippen LogP contribution >= 0.6 is 11.3 Å². The first kappa shape index (κ1) is 25.9. The number of nitrogens with zero attached hydrogens (tertiary/aromatic N) is 6. The van der Waals surface area contributed by atoms with Gasteiger partial charge in [0.1, 0.15) is 21.9 Å². The second-order valence-electron chi connectivity index (χ2n) is 9.32. The highest BCUT2D eigenvalue weighted by atomic mass is 32.1. The highest BCUT2D eigenvalue weighted by Gasteiger charge is 2.22. The van der Waals surface area contributed by atoms with Gasteiger partial charge in [0.05, 0.1) is 29.2 Å². The van der Waals surface area contributed by atoms with Crippen LogP contribution in [0.3, 0.4) is 0 Å². The normalized spacial score (nSPS) is 12.2. The summed E-state index contributed by atoms with van der Waals surface area (Å²) in [5.41, 5.74) is 2.04. The van der Waals surface area contributed by atoms with Gasteiger partial charge in [-0.15, -0.1) is 11.3 Å². The maximum atomic E-state index is 14.0. The third-order valence-electron chi connectivity index (χ3n) is 5.31. The first-order valence-electron chi connectivity index (χ1n) is 11.4. The molecule has 0 aliphatic carbocycles. The molecule has 4 aromatic heterocycles. The van der Waals surface area contributed by atoms with Crippen molar-refractivity contribution >= 4 is 29.1 Å². The van der Waals surface area contributed by atoms with Gasteiger partial charge < -0.3 is 5.32 Å². The van der Waals surface area contributed by atoms with E-state index in [9.17, 15) is 14.0 Å². The van der Waals surface area contributed by atoms with Crippen LogP contribution in [0.1, 0.15) is 70.2 Å². The van der Waals surface area contributed by atoms with E-state index in [4.69, 9.17) is 0 Å². The van der Waals surface area contributed by atoms with Crippen molar-refractivity contribution in [3.05, 3.63) is 75.9 Å². The van der Waals surface area contributed by atoms with E-state index < -0.39 is 23.8 Å². The van der Waals surface area contributed by atoms with Crippen LogP contribution in [-0.2, 0) is 5.41 Å². The minimum Gasteiger partial charge on any atom is -0.342 e. The molecule has 2 N–H and O–H groups in total. The third-order valence-corrected chi connectivity index (χ3v) is 6.49. The molecule has 190 valence electrons. The predicted molar refractivity (Wildman–Crippen MR) is 137 cm³/mol. The molecule has 0 radical (unpaired) electrons. The van der Waals surface area contributed by atoms with E-state index in [1.165, 1.54) is 30.9 Å². The monoisotopic (exact) mass is 520 g/mol. The molecular formula is C25H25FN8O2S. The van der Waals surface area contributed by atoms with Crippen LogP contribution in [0.5, 0.6) is 0 Å². The van der Waals surface area contributed by atoms with Crippen LogP contribution in [0.15, 0.2) is 43.1 Å². The second kappa shape index (κ2) is 10.4. The predicted octanol–water partition coefficient (Wildman–Crippen LogP) is 4.27. The van der Waals surface area contributed by atoms with Crippen molar-refractivity contribution in [3.63, 3.8) is 0 Å². The van der Waals surface area contributed by atoms with Crippen molar-refractivity contribution in [2.75, 3.05) is 5.32 Å². The Morgan fingerprint density at radius 2 is 1.84 bits per heavy atom. The number of pyridine rings is 1. The first-order chi connectivity index (χ1) is 17.5. The Bertz CT molecular complexity index is 1470. The summed E-state index contributed by atoms with van der Waals surface area (Å²) in [5, 5.41) is 6.02. The highest BCUT2D eigenvalue weighted by molar-refractivity contribution is 7.13. The largest absolute Gasteiger partial charge is 0.342 e. The summed E-state index contributed by atoms with van der Waals surface area (Å²) in [6.07, 6.45) is 5.63. The Hall–Kier alpha value is -4.19. The lowest BCUT2D eigenvalue weighted by Gasteiger charge is -2.20. The van der Waals surface area contributed by atoms with Gasteiger partial charge in [-0.05, 0) is 37.6 Å². The maximum absolute atomic E-state index is 14.0. The molecule has 0 saturated heterocycles. The lowest BCUT2D eigenvalue weighted by atomic mass is 9.89. The molecule has 4 heterocycles. The summed E-state index contributed by atoms with van der Waals surface area (Å²) < 4.78 is 14.0. The smallest absolute Gasteiger partial charge is 0.270 e. The Morgan fingerprint density at radius 3 is 2.57 bits per heavy atom. The fourth-order valence-electron chi connectivity index (χ4n) is 3.56. The summed E-state index contributed by atoms with van der Waals surface area (Å²) in [6.45, 7) is 9.78. The second-order valence-corrected chi connectivity index (χ2v) is 10.4. The van der Waals surface area contributed by atoms with E-state index in [0.29, 0.717) is 9.88 Å². The van der Waals surface area contributed by atoms with E-state index in [1.54, 1.807) is 19.2 Å². The maximum Gasteiger partial charge on any atom is 0.270 e. The summed E-state index contributed by atoms with van der Waals surface area (Å²) in [6, 6.07) is 3.96. The summed E-state index contributed by atoms with van der Waals surface area (Å²) in [7, 11) is 0. The zero-order valence-corrected chi connectivity index (χ0v) is 21.7. The molecule has 2 amide bonds. The quantitative estimate of drug-likeness (QED) is 0.360. The average Bonchev–Trinajstić information content (AvgIpc) is 3.36.